The molecule has 144 valence electrons. The predicted molar refractivity (Wildman–Crippen MR) is 111 cm³/mol. The minimum Gasteiger partial charge on any atom is -0.489 e. The maximum atomic E-state index is 12.6. The Bertz CT molecular complexity index is 1200. The van der Waals surface area contributed by atoms with E-state index < -0.39 is 11.5 Å². The van der Waals surface area contributed by atoms with Gasteiger partial charge in [-0.05, 0) is 35.4 Å². The van der Waals surface area contributed by atoms with Crippen LogP contribution < -0.4 is 15.7 Å². The Labute approximate surface area is 167 Å². The minimum absolute atomic E-state index is 0.0123. The van der Waals surface area contributed by atoms with Crippen molar-refractivity contribution in [2.45, 2.75) is 13.2 Å². The summed E-state index contributed by atoms with van der Waals surface area (Å²) in [6.07, 6.45) is 0. The van der Waals surface area contributed by atoms with Crippen molar-refractivity contribution in [3.63, 3.8) is 0 Å². The van der Waals surface area contributed by atoms with Crippen molar-refractivity contribution in [2.75, 3.05) is 0 Å². The zero-order valence-corrected chi connectivity index (χ0v) is 15.6. The Morgan fingerprint density at radius 3 is 2.38 bits per heavy atom. The molecule has 1 heterocycles. The highest BCUT2D eigenvalue weighted by atomic mass is 16.5. The fourth-order valence-electron chi connectivity index (χ4n) is 3.04. The maximum Gasteiger partial charge on any atom is 0.349 e. The van der Waals surface area contributed by atoms with Crippen molar-refractivity contribution in [3.05, 3.63) is 112 Å². The second-order valence-corrected chi connectivity index (χ2v) is 6.54. The monoisotopic (exact) mass is 385 g/mol. The SMILES string of the molecule is O=C(NCc1ccccc1COc1ccccc1)c1cc2ccccc2oc1=O. The van der Waals surface area contributed by atoms with Gasteiger partial charge in [0.15, 0.2) is 0 Å². The fraction of sp³-hybridized carbons (Fsp3) is 0.0833. The molecule has 5 heteroatoms. The number of hydrogen-bond acceptors (Lipinski definition) is 4. The lowest BCUT2D eigenvalue weighted by Crippen LogP contribution is -2.28. The van der Waals surface area contributed by atoms with Crippen LogP contribution in [0.1, 0.15) is 21.5 Å². The largest absolute Gasteiger partial charge is 0.489 e. The number of carbonyl (C=O) groups excluding carboxylic acids is 1. The van der Waals surface area contributed by atoms with Gasteiger partial charge in [0, 0.05) is 11.9 Å². The van der Waals surface area contributed by atoms with Crippen LogP contribution in [0.3, 0.4) is 0 Å². The van der Waals surface area contributed by atoms with E-state index in [0.29, 0.717) is 17.6 Å². The molecule has 0 atom stereocenters. The third-order valence-corrected chi connectivity index (χ3v) is 4.58. The standard InChI is InChI=1S/C24H19NO4/c26-23(21-14-17-8-6-7-13-22(17)29-24(21)27)25-15-18-9-4-5-10-19(18)16-28-20-11-2-1-3-12-20/h1-14H,15-16H2,(H,25,26). The van der Waals surface area contributed by atoms with Crippen LogP contribution in [0, 0.1) is 0 Å². The molecule has 0 saturated heterocycles. The molecule has 0 aliphatic heterocycles. The zero-order chi connectivity index (χ0) is 20.1. The molecule has 0 fully saturated rings. The van der Waals surface area contributed by atoms with Crippen LogP contribution in [0.25, 0.3) is 11.0 Å². The lowest BCUT2D eigenvalue weighted by molar-refractivity contribution is 0.0947. The molecule has 1 amide bonds. The van der Waals surface area contributed by atoms with Gasteiger partial charge in [0.2, 0.25) is 0 Å². The van der Waals surface area contributed by atoms with Gasteiger partial charge in [0.05, 0.1) is 0 Å². The van der Waals surface area contributed by atoms with Crippen LogP contribution in [-0.2, 0) is 13.2 Å². The van der Waals surface area contributed by atoms with E-state index in [2.05, 4.69) is 5.32 Å². The molecule has 0 radical (unpaired) electrons. The molecule has 0 spiro atoms. The summed E-state index contributed by atoms with van der Waals surface area (Å²) >= 11 is 0. The van der Waals surface area contributed by atoms with Crippen LogP contribution >= 0.6 is 0 Å². The van der Waals surface area contributed by atoms with Crippen molar-refractivity contribution in [1.29, 1.82) is 0 Å². The summed E-state index contributed by atoms with van der Waals surface area (Å²) < 4.78 is 11.1. The van der Waals surface area contributed by atoms with Gasteiger partial charge in [-0.2, -0.15) is 0 Å². The number of ether oxygens (including phenoxy) is 1. The first-order valence-corrected chi connectivity index (χ1v) is 9.26. The zero-order valence-electron chi connectivity index (χ0n) is 15.6. The van der Waals surface area contributed by atoms with E-state index in [1.165, 1.54) is 0 Å². The van der Waals surface area contributed by atoms with Crippen LogP contribution in [0.4, 0.5) is 0 Å². The van der Waals surface area contributed by atoms with Crippen LogP contribution in [0.15, 0.2) is 94.1 Å². The predicted octanol–water partition coefficient (Wildman–Crippen LogP) is 4.30. The average molecular weight is 385 g/mol. The second kappa shape index (κ2) is 8.44. The molecule has 0 unspecified atom stereocenters. The Kier molecular flexibility index (Phi) is 5.38. The highest BCUT2D eigenvalue weighted by Crippen LogP contribution is 2.16. The third kappa shape index (κ3) is 4.35. The topological polar surface area (TPSA) is 68.5 Å². The molecule has 5 nitrogen and oxygen atoms in total. The number of hydrogen-bond donors (Lipinski definition) is 1. The summed E-state index contributed by atoms with van der Waals surface area (Å²) in [5.41, 5.74) is 1.67. The molecule has 0 bridgehead atoms. The van der Waals surface area contributed by atoms with E-state index in [-0.39, 0.29) is 12.1 Å². The van der Waals surface area contributed by atoms with E-state index in [1.54, 1.807) is 24.3 Å². The highest BCUT2D eigenvalue weighted by molar-refractivity contribution is 5.96. The normalized spacial score (nSPS) is 10.6. The maximum absolute atomic E-state index is 12.6. The Morgan fingerprint density at radius 2 is 1.55 bits per heavy atom. The molecule has 29 heavy (non-hydrogen) atoms. The minimum atomic E-state index is -0.651. The highest BCUT2D eigenvalue weighted by Gasteiger charge is 2.14. The number of rotatable bonds is 6. The van der Waals surface area contributed by atoms with E-state index in [0.717, 1.165) is 16.9 Å². The first kappa shape index (κ1) is 18.5. The number of benzene rings is 3. The van der Waals surface area contributed by atoms with Crippen molar-refractivity contribution in [1.82, 2.24) is 5.32 Å². The Hall–Kier alpha value is -3.86. The lowest BCUT2D eigenvalue weighted by Gasteiger charge is -2.12. The van der Waals surface area contributed by atoms with Gasteiger partial charge in [-0.1, -0.05) is 60.7 Å². The van der Waals surface area contributed by atoms with Crippen molar-refractivity contribution < 1.29 is 13.9 Å². The summed E-state index contributed by atoms with van der Waals surface area (Å²) in [6, 6.07) is 25.9. The molecule has 0 saturated carbocycles. The molecule has 4 aromatic rings. The number of para-hydroxylation sites is 2. The molecule has 1 aromatic heterocycles. The smallest absolute Gasteiger partial charge is 0.349 e. The summed E-state index contributed by atoms with van der Waals surface area (Å²) in [5.74, 6) is 0.309. The summed E-state index contributed by atoms with van der Waals surface area (Å²) in [7, 11) is 0. The molecule has 0 aliphatic rings. The van der Waals surface area contributed by atoms with Crippen LogP contribution in [0.2, 0.25) is 0 Å². The molecular formula is C24H19NO4. The fourth-order valence-corrected chi connectivity index (χ4v) is 3.04. The van der Waals surface area contributed by atoms with Crippen molar-refractivity contribution in [2.24, 2.45) is 0 Å². The van der Waals surface area contributed by atoms with E-state index in [4.69, 9.17) is 9.15 Å². The first-order chi connectivity index (χ1) is 14.2. The van der Waals surface area contributed by atoms with Gasteiger partial charge >= 0.3 is 5.63 Å². The van der Waals surface area contributed by atoms with Crippen LogP contribution in [-0.4, -0.2) is 5.91 Å². The van der Waals surface area contributed by atoms with Gasteiger partial charge in [0.1, 0.15) is 23.5 Å². The van der Waals surface area contributed by atoms with E-state index >= 15 is 0 Å². The second-order valence-electron chi connectivity index (χ2n) is 6.54. The van der Waals surface area contributed by atoms with E-state index in [1.807, 2.05) is 60.7 Å². The molecule has 0 aliphatic carbocycles. The number of amides is 1. The lowest BCUT2D eigenvalue weighted by atomic mass is 10.1. The summed E-state index contributed by atoms with van der Waals surface area (Å²) in [6.45, 7) is 0.660. The van der Waals surface area contributed by atoms with Gasteiger partial charge in [-0.25, -0.2) is 4.79 Å². The van der Waals surface area contributed by atoms with Gasteiger partial charge in [0.25, 0.3) is 5.91 Å². The van der Waals surface area contributed by atoms with Crippen molar-refractivity contribution in [3.8, 4) is 5.75 Å². The number of carbonyl (C=O) groups is 1. The Balaban J connectivity index is 1.47. The number of nitrogens with one attached hydrogen (secondary N) is 1. The van der Waals surface area contributed by atoms with Gasteiger partial charge in [-0.15, -0.1) is 0 Å². The molecular weight excluding hydrogens is 366 g/mol. The van der Waals surface area contributed by atoms with Crippen LogP contribution in [0.5, 0.6) is 5.75 Å². The quantitative estimate of drug-likeness (QED) is 0.503. The van der Waals surface area contributed by atoms with E-state index in [9.17, 15) is 9.59 Å². The molecule has 1 N–H and O–H groups in total. The Morgan fingerprint density at radius 1 is 0.862 bits per heavy atom. The molecule has 4 rings (SSSR count). The average Bonchev–Trinajstić information content (AvgIpc) is 2.77. The summed E-state index contributed by atoms with van der Waals surface area (Å²) in [4.78, 5) is 24.7. The van der Waals surface area contributed by atoms with Gasteiger partial charge in [-0.3, -0.25) is 4.79 Å². The summed E-state index contributed by atoms with van der Waals surface area (Å²) in [5, 5.41) is 3.51. The first-order valence-electron chi connectivity index (χ1n) is 9.26. The number of fused-ring (bicyclic) bond motifs is 1. The van der Waals surface area contributed by atoms with Crippen molar-refractivity contribution >= 4 is 16.9 Å². The third-order valence-electron chi connectivity index (χ3n) is 4.58. The molecule has 3 aromatic carbocycles. The van der Waals surface area contributed by atoms with Gasteiger partial charge < -0.3 is 14.5 Å².